The number of nitrogens with zero attached hydrogens (tertiary/aromatic N) is 1. The number of aliphatic hydroxyl groups is 1. The normalized spacial score (nSPS) is 29.2. The average molecular weight is 656 g/mol. The third kappa shape index (κ3) is 4.60. The van der Waals surface area contributed by atoms with Gasteiger partial charge in [-0.05, 0) is 31.4 Å². The molecule has 4 N–H and O–H groups in total. The third-order valence-electron chi connectivity index (χ3n) is 9.64. The number of ether oxygens (including phenoxy) is 5. The first-order chi connectivity index (χ1) is 22.0. The van der Waals surface area contributed by atoms with Crippen LogP contribution in [-0.4, -0.2) is 83.6 Å². The summed E-state index contributed by atoms with van der Waals surface area (Å²) in [4.78, 5) is 40.4. The fourth-order valence-electron chi connectivity index (χ4n) is 7.78. The quantitative estimate of drug-likeness (QED) is 0.280. The van der Waals surface area contributed by atoms with Crippen LogP contribution >= 0.6 is 11.8 Å². The van der Waals surface area contributed by atoms with E-state index in [2.05, 4.69) is 10.6 Å². The number of esters is 2. The third-order valence-corrected chi connectivity index (χ3v) is 11.0. The van der Waals surface area contributed by atoms with Crippen LogP contribution in [0.25, 0.3) is 0 Å². The van der Waals surface area contributed by atoms with E-state index in [9.17, 15) is 24.6 Å². The second-order valence-electron chi connectivity index (χ2n) is 12.3. The van der Waals surface area contributed by atoms with Gasteiger partial charge in [-0.2, -0.15) is 0 Å². The number of aliphatic hydroxyl groups excluding tert-OH is 1. The molecule has 0 radical (unpaired) electrons. The van der Waals surface area contributed by atoms with Crippen molar-refractivity contribution in [2.45, 2.75) is 82.2 Å². The molecule has 2 saturated heterocycles. The number of methoxy groups -OCH3 is 1. The second-order valence-corrected chi connectivity index (χ2v) is 13.4. The van der Waals surface area contributed by atoms with Gasteiger partial charge in [0.15, 0.2) is 23.0 Å². The van der Waals surface area contributed by atoms with Crippen LogP contribution in [0, 0.1) is 13.8 Å². The smallest absolute Gasteiger partial charge is 0.329 e. The van der Waals surface area contributed by atoms with E-state index < -0.39 is 53.6 Å². The van der Waals surface area contributed by atoms with Crippen LogP contribution in [0.1, 0.15) is 71.0 Å². The highest BCUT2D eigenvalue weighted by Crippen LogP contribution is 2.62. The van der Waals surface area contributed by atoms with Crippen molar-refractivity contribution in [1.29, 1.82) is 0 Å². The lowest BCUT2D eigenvalue weighted by Crippen LogP contribution is -2.69. The van der Waals surface area contributed by atoms with Gasteiger partial charge >= 0.3 is 11.9 Å². The first-order valence-corrected chi connectivity index (χ1v) is 16.4. The van der Waals surface area contributed by atoms with Crippen molar-refractivity contribution in [2.75, 3.05) is 26.3 Å². The molecule has 4 bridgehead atoms. The summed E-state index contributed by atoms with van der Waals surface area (Å²) >= 11 is 1.38. The van der Waals surface area contributed by atoms with Gasteiger partial charge in [0.1, 0.15) is 24.6 Å². The minimum Gasteiger partial charge on any atom is -0.504 e. The summed E-state index contributed by atoms with van der Waals surface area (Å²) in [5, 5.41) is 29.6. The van der Waals surface area contributed by atoms with Crippen molar-refractivity contribution in [3.8, 4) is 28.7 Å². The molecule has 2 aromatic rings. The number of carbonyl (C=O) groups is 3. The van der Waals surface area contributed by atoms with Gasteiger partial charge in [0.05, 0.1) is 30.5 Å². The summed E-state index contributed by atoms with van der Waals surface area (Å²) < 4.78 is 29.4. The second kappa shape index (κ2) is 11.5. The van der Waals surface area contributed by atoms with E-state index in [1.54, 1.807) is 13.8 Å². The van der Waals surface area contributed by atoms with Crippen molar-refractivity contribution in [3.05, 3.63) is 39.4 Å². The number of hydrogen-bond donors (Lipinski definition) is 4. The lowest BCUT2D eigenvalue weighted by molar-refractivity contribution is -0.160. The van der Waals surface area contributed by atoms with Crippen LogP contribution in [-0.2, 0) is 25.5 Å². The Bertz CT molecular complexity index is 1650. The number of carbonyl (C=O) groups excluding carboxylic acids is 3. The zero-order valence-electron chi connectivity index (χ0n) is 26.2. The lowest BCUT2D eigenvalue weighted by atomic mass is 9.74. The summed E-state index contributed by atoms with van der Waals surface area (Å²) in [5.74, 6) is 0.281. The Balaban J connectivity index is 1.49. The molecule has 0 spiro atoms. The maximum Gasteiger partial charge on any atom is 0.329 e. The summed E-state index contributed by atoms with van der Waals surface area (Å²) in [6, 6.07) is -1.21. The van der Waals surface area contributed by atoms with E-state index in [0.717, 1.165) is 11.1 Å². The van der Waals surface area contributed by atoms with Crippen LogP contribution in [0.4, 0.5) is 0 Å². The summed E-state index contributed by atoms with van der Waals surface area (Å²) in [6.45, 7) is 6.45. The molecule has 2 fully saturated rings. The van der Waals surface area contributed by atoms with Crippen LogP contribution in [0.3, 0.4) is 0 Å². The van der Waals surface area contributed by atoms with Gasteiger partial charge in [-0.1, -0.05) is 13.0 Å². The number of phenols is 1. The Morgan fingerprint density at radius 1 is 1.15 bits per heavy atom. The number of amides is 1. The van der Waals surface area contributed by atoms with Gasteiger partial charge in [-0.25, -0.2) is 4.79 Å². The van der Waals surface area contributed by atoms with Crippen LogP contribution in [0.15, 0.2) is 6.07 Å². The number of thioether (sulfide) groups is 1. The first kappa shape index (κ1) is 30.9. The fourth-order valence-corrected chi connectivity index (χ4v) is 9.30. The fraction of sp³-hybridized carbons (Fsp3) is 0.531. The number of aryl methyl sites for hydroxylation is 1. The van der Waals surface area contributed by atoms with Crippen molar-refractivity contribution < 1.29 is 48.3 Å². The Hall–Kier alpha value is -3.72. The van der Waals surface area contributed by atoms with Crippen LogP contribution < -0.4 is 29.6 Å². The molecule has 246 valence electrons. The standard InChI is InChI=1S/C32H37N3O10S/c1-6-19(37)33-17-10-46-30-22-21(29-28(43-11-44-29)13(3)27(22)45-14(4)36)18(9-42-32(17)40)35-24(30)23-20-15(8-16(34-23)31(35)39)7-12(2)26(41-5)25(20)38/h7,16-18,23-24,30-31,34,38-39H,6,8-11H2,1-5H3,(H,33,37)/t16-,17?,18-,23+,24?,30+,31-/m0/s1. The summed E-state index contributed by atoms with van der Waals surface area (Å²) in [5.41, 5.74) is 4.17. The van der Waals surface area contributed by atoms with Crippen molar-refractivity contribution in [1.82, 2.24) is 15.5 Å². The molecule has 2 aromatic carbocycles. The van der Waals surface area contributed by atoms with E-state index in [-0.39, 0.29) is 37.2 Å². The van der Waals surface area contributed by atoms with E-state index in [1.165, 1.54) is 25.8 Å². The van der Waals surface area contributed by atoms with Gasteiger partial charge in [-0.15, -0.1) is 11.8 Å². The van der Waals surface area contributed by atoms with E-state index in [4.69, 9.17) is 23.7 Å². The Kier molecular flexibility index (Phi) is 7.73. The number of phenolic OH excluding ortho intramolecular Hbond substituents is 1. The zero-order valence-corrected chi connectivity index (χ0v) is 27.0. The molecule has 0 aliphatic carbocycles. The Labute approximate surface area is 269 Å². The van der Waals surface area contributed by atoms with Gasteiger partial charge in [0.25, 0.3) is 0 Å². The number of fused-ring (bicyclic) bond motifs is 10. The predicted molar refractivity (Wildman–Crippen MR) is 164 cm³/mol. The highest BCUT2D eigenvalue weighted by atomic mass is 32.2. The molecule has 46 heavy (non-hydrogen) atoms. The molecule has 8 rings (SSSR count). The topological polar surface area (TPSA) is 165 Å². The van der Waals surface area contributed by atoms with Crippen molar-refractivity contribution in [2.24, 2.45) is 0 Å². The number of piperazine rings is 1. The van der Waals surface area contributed by atoms with Gasteiger partial charge in [0, 0.05) is 47.4 Å². The summed E-state index contributed by atoms with van der Waals surface area (Å²) in [6.07, 6.45) is -0.415. The van der Waals surface area contributed by atoms with Gasteiger partial charge in [-0.3, -0.25) is 14.5 Å². The summed E-state index contributed by atoms with van der Waals surface area (Å²) in [7, 11) is 1.51. The van der Waals surface area contributed by atoms with Crippen LogP contribution in [0.2, 0.25) is 0 Å². The SMILES string of the molecule is CCC(=O)NC1CS[C@@H]2c3c(OC(C)=O)c(C)c4c(c3[C@H](COC1=O)N1C2[C@@H]2N[C@@H](Cc3cc(C)c(OC)c(O)c32)[C@@H]1O)OCO4. The molecule has 2 unspecified atom stereocenters. The molecular formula is C32H37N3O10S. The van der Waals surface area contributed by atoms with Crippen LogP contribution in [0.5, 0.6) is 28.7 Å². The van der Waals surface area contributed by atoms with E-state index in [0.29, 0.717) is 51.7 Å². The van der Waals surface area contributed by atoms with Crippen molar-refractivity contribution >= 4 is 29.6 Å². The largest absolute Gasteiger partial charge is 0.504 e. The monoisotopic (exact) mass is 655 g/mol. The number of aromatic hydroxyl groups is 1. The lowest BCUT2D eigenvalue weighted by Gasteiger charge is -2.59. The van der Waals surface area contributed by atoms with E-state index >= 15 is 0 Å². The molecule has 6 heterocycles. The molecule has 6 aliphatic rings. The minimum atomic E-state index is -1.04. The predicted octanol–water partition coefficient (Wildman–Crippen LogP) is 2.21. The average Bonchev–Trinajstić information content (AvgIpc) is 3.52. The first-order valence-electron chi connectivity index (χ1n) is 15.4. The maximum absolute atomic E-state index is 13.4. The molecular weight excluding hydrogens is 618 g/mol. The van der Waals surface area contributed by atoms with Gasteiger partial charge < -0.3 is 44.5 Å². The molecule has 13 nitrogen and oxygen atoms in total. The van der Waals surface area contributed by atoms with Crippen molar-refractivity contribution in [3.63, 3.8) is 0 Å². The zero-order chi connectivity index (χ0) is 32.6. The Morgan fingerprint density at radius 3 is 2.63 bits per heavy atom. The molecule has 0 saturated carbocycles. The molecule has 0 aromatic heterocycles. The van der Waals surface area contributed by atoms with Gasteiger partial charge in [0.2, 0.25) is 12.7 Å². The highest BCUT2D eigenvalue weighted by molar-refractivity contribution is 7.99. The molecule has 1 amide bonds. The number of rotatable bonds is 4. The molecule has 6 aliphatic heterocycles. The minimum absolute atomic E-state index is 0.0181. The number of nitrogens with one attached hydrogen (secondary N) is 2. The Morgan fingerprint density at radius 2 is 1.91 bits per heavy atom. The molecule has 14 heteroatoms. The number of benzene rings is 2. The van der Waals surface area contributed by atoms with E-state index in [1.807, 2.05) is 17.9 Å². The molecule has 7 atom stereocenters. The maximum atomic E-state index is 13.4. The number of hydrogen-bond acceptors (Lipinski definition) is 13. The highest BCUT2D eigenvalue weighted by Gasteiger charge is 2.58.